The molecule has 0 fully saturated rings. The topological polar surface area (TPSA) is 47.6 Å². The van der Waals surface area contributed by atoms with E-state index in [0.717, 1.165) is 5.56 Å². The lowest BCUT2D eigenvalue weighted by Gasteiger charge is -2.20. The van der Waals surface area contributed by atoms with Gasteiger partial charge >= 0.3 is 6.09 Å². The molecule has 122 valence electrons. The van der Waals surface area contributed by atoms with E-state index in [1.165, 1.54) is 12.1 Å². The van der Waals surface area contributed by atoms with Crippen LogP contribution in [0.4, 0.5) is 9.18 Å². The molecule has 0 saturated carbocycles. The molecule has 0 spiro atoms. The molecular weight excluding hydrogens is 297 g/mol. The number of hydrogen-bond acceptors (Lipinski definition) is 3. The first-order valence-corrected chi connectivity index (χ1v) is 7.30. The van der Waals surface area contributed by atoms with Crippen LogP contribution in [-0.4, -0.2) is 11.6 Å². The number of carbonyl (C=O) groups excluding carboxylic acids is 1. The number of rotatable bonds is 4. The van der Waals surface area contributed by atoms with Crippen LogP contribution in [0.5, 0.6) is 11.5 Å². The highest BCUT2D eigenvalue weighted by atomic mass is 19.1. The molecule has 0 aliphatic heterocycles. The smallest absolute Gasteiger partial charge is 0.413 e. The zero-order valence-electron chi connectivity index (χ0n) is 13.4. The normalized spacial score (nSPS) is 11.0. The first kappa shape index (κ1) is 16.8. The van der Waals surface area contributed by atoms with Crippen LogP contribution in [0.1, 0.15) is 26.3 Å². The Morgan fingerprint density at radius 3 is 2.43 bits per heavy atom. The summed E-state index contributed by atoms with van der Waals surface area (Å²) in [6, 6.07) is 13.7. The molecule has 1 amide bonds. The van der Waals surface area contributed by atoms with Crippen molar-refractivity contribution < 1.29 is 18.7 Å². The molecule has 0 aromatic heterocycles. The van der Waals surface area contributed by atoms with Crippen molar-refractivity contribution in [3.63, 3.8) is 0 Å². The molecule has 0 unspecified atom stereocenters. The van der Waals surface area contributed by atoms with Crippen molar-refractivity contribution >= 4 is 6.09 Å². The second kappa shape index (κ2) is 7.13. The van der Waals surface area contributed by atoms with Crippen LogP contribution in [0.2, 0.25) is 0 Å². The van der Waals surface area contributed by atoms with Gasteiger partial charge in [-0.25, -0.2) is 9.18 Å². The molecule has 0 saturated heterocycles. The Morgan fingerprint density at radius 2 is 1.78 bits per heavy atom. The quantitative estimate of drug-likeness (QED) is 0.915. The van der Waals surface area contributed by atoms with Gasteiger partial charge in [0.05, 0.1) is 0 Å². The lowest BCUT2D eigenvalue weighted by molar-refractivity contribution is 0.184. The Hall–Kier alpha value is -2.56. The minimum atomic E-state index is -0.729. The third-order valence-electron chi connectivity index (χ3n) is 2.84. The summed E-state index contributed by atoms with van der Waals surface area (Å²) < 4.78 is 24.7. The summed E-state index contributed by atoms with van der Waals surface area (Å²) in [6.45, 7) is 5.68. The van der Waals surface area contributed by atoms with E-state index in [9.17, 15) is 9.18 Å². The van der Waals surface area contributed by atoms with Crippen LogP contribution in [0.15, 0.2) is 48.5 Å². The molecule has 1 N–H and O–H groups in total. The second-order valence-electron chi connectivity index (χ2n) is 6.11. The SMILES string of the molecule is CC(C)(C)NC(=O)Oc1c(F)cccc1OCc1ccccc1. The van der Waals surface area contributed by atoms with E-state index in [1.807, 2.05) is 51.1 Å². The predicted octanol–water partition coefficient (Wildman–Crippen LogP) is 4.29. The van der Waals surface area contributed by atoms with E-state index in [1.54, 1.807) is 6.07 Å². The maximum Gasteiger partial charge on any atom is 0.413 e. The fraction of sp³-hybridized carbons (Fsp3) is 0.278. The maximum absolute atomic E-state index is 14.0. The first-order valence-electron chi connectivity index (χ1n) is 7.30. The summed E-state index contributed by atoms with van der Waals surface area (Å²) >= 11 is 0. The van der Waals surface area contributed by atoms with Gasteiger partial charge in [-0.05, 0) is 38.5 Å². The molecule has 5 heteroatoms. The fourth-order valence-corrected chi connectivity index (χ4v) is 1.86. The third kappa shape index (κ3) is 5.29. The molecule has 2 aromatic carbocycles. The Balaban J connectivity index is 2.11. The van der Waals surface area contributed by atoms with Crippen LogP contribution in [-0.2, 0) is 6.61 Å². The van der Waals surface area contributed by atoms with Gasteiger partial charge in [-0.15, -0.1) is 0 Å². The van der Waals surface area contributed by atoms with Gasteiger partial charge in [0.2, 0.25) is 5.75 Å². The molecule has 0 aliphatic rings. The predicted molar refractivity (Wildman–Crippen MR) is 86.1 cm³/mol. The molecular formula is C18H20FNO3. The standard InChI is InChI=1S/C18H20FNO3/c1-18(2,3)20-17(21)23-16-14(19)10-7-11-15(16)22-12-13-8-5-4-6-9-13/h4-11H,12H2,1-3H3,(H,20,21). The molecule has 0 aliphatic carbocycles. The van der Waals surface area contributed by atoms with Crippen molar-refractivity contribution in [2.24, 2.45) is 0 Å². The van der Waals surface area contributed by atoms with Crippen molar-refractivity contribution in [1.82, 2.24) is 5.32 Å². The molecule has 0 heterocycles. The highest BCUT2D eigenvalue weighted by molar-refractivity contribution is 5.72. The maximum atomic E-state index is 14.0. The lowest BCUT2D eigenvalue weighted by Crippen LogP contribution is -2.42. The third-order valence-corrected chi connectivity index (χ3v) is 2.84. The Labute approximate surface area is 135 Å². The van der Waals surface area contributed by atoms with Gasteiger partial charge in [0.15, 0.2) is 11.6 Å². The van der Waals surface area contributed by atoms with Crippen LogP contribution >= 0.6 is 0 Å². The molecule has 2 rings (SSSR count). The van der Waals surface area contributed by atoms with E-state index in [-0.39, 0.29) is 18.1 Å². The van der Waals surface area contributed by atoms with Crippen LogP contribution in [0.25, 0.3) is 0 Å². The number of nitrogens with one attached hydrogen (secondary N) is 1. The average Bonchev–Trinajstić information content (AvgIpc) is 2.47. The Morgan fingerprint density at radius 1 is 1.09 bits per heavy atom. The van der Waals surface area contributed by atoms with Gasteiger partial charge in [0, 0.05) is 5.54 Å². The largest absolute Gasteiger partial charge is 0.485 e. The minimum absolute atomic E-state index is 0.179. The monoisotopic (exact) mass is 317 g/mol. The van der Waals surface area contributed by atoms with Gasteiger partial charge < -0.3 is 14.8 Å². The number of ether oxygens (including phenoxy) is 2. The summed E-state index contributed by atoms with van der Waals surface area (Å²) in [6.07, 6.45) is -0.729. The highest BCUT2D eigenvalue weighted by Gasteiger charge is 2.19. The number of amides is 1. The van der Waals surface area contributed by atoms with Gasteiger partial charge in [-0.3, -0.25) is 0 Å². The molecule has 23 heavy (non-hydrogen) atoms. The summed E-state index contributed by atoms with van der Waals surface area (Å²) in [5.41, 5.74) is 0.454. The minimum Gasteiger partial charge on any atom is -0.485 e. The number of hydrogen-bond donors (Lipinski definition) is 1. The first-order chi connectivity index (χ1) is 10.8. The summed E-state index contributed by atoms with van der Waals surface area (Å²) in [5.74, 6) is -0.692. The lowest BCUT2D eigenvalue weighted by atomic mass is 10.1. The molecule has 0 radical (unpaired) electrons. The Kier molecular flexibility index (Phi) is 5.21. The summed E-state index contributed by atoms with van der Waals surface area (Å²) in [7, 11) is 0. The number of halogens is 1. The zero-order valence-corrected chi connectivity index (χ0v) is 13.4. The van der Waals surface area contributed by atoms with Crippen LogP contribution < -0.4 is 14.8 Å². The van der Waals surface area contributed by atoms with Crippen LogP contribution in [0, 0.1) is 5.82 Å². The molecule has 2 aromatic rings. The number of carbonyl (C=O) groups is 1. The zero-order chi connectivity index (χ0) is 16.9. The summed E-state index contributed by atoms with van der Waals surface area (Å²) in [5, 5.41) is 2.61. The van der Waals surface area contributed by atoms with E-state index < -0.39 is 17.4 Å². The van der Waals surface area contributed by atoms with Crippen molar-refractivity contribution in [3.05, 3.63) is 59.9 Å². The van der Waals surface area contributed by atoms with Crippen molar-refractivity contribution in [2.75, 3.05) is 0 Å². The van der Waals surface area contributed by atoms with Gasteiger partial charge in [-0.1, -0.05) is 36.4 Å². The van der Waals surface area contributed by atoms with Crippen LogP contribution in [0.3, 0.4) is 0 Å². The number of para-hydroxylation sites is 1. The van der Waals surface area contributed by atoms with Gasteiger partial charge in [-0.2, -0.15) is 0 Å². The van der Waals surface area contributed by atoms with Crippen molar-refractivity contribution in [3.8, 4) is 11.5 Å². The highest BCUT2D eigenvalue weighted by Crippen LogP contribution is 2.31. The molecule has 0 bridgehead atoms. The van der Waals surface area contributed by atoms with Gasteiger partial charge in [0.1, 0.15) is 6.61 Å². The van der Waals surface area contributed by atoms with Crippen molar-refractivity contribution in [1.29, 1.82) is 0 Å². The van der Waals surface area contributed by atoms with Gasteiger partial charge in [0.25, 0.3) is 0 Å². The Bertz CT molecular complexity index is 666. The molecule has 0 atom stereocenters. The summed E-state index contributed by atoms with van der Waals surface area (Å²) in [4.78, 5) is 11.9. The second-order valence-corrected chi connectivity index (χ2v) is 6.11. The van der Waals surface area contributed by atoms with E-state index in [4.69, 9.17) is 9.47 Å². The van der Waals surface area contributed by atoms with E-state index >= 15 is 0 Å². The van der Waals surface area contributed by atoms with E-state index in [0.29, 0.717) is 0 Å². The molecule has 4 nitrogen and oxygen atoms in total. The fourth-order valence-electron chi connectivity index (χ4n) is 1.86. The number of benzene rings is 2. The van der Waals surface area contributed by atoms with Crippen molar-refractivity contribution in [2.45, 2.75) is 32.9 Å². The average molecular weight is 317 g/mol. The van der Waals surface area contributed by atoms with E-state index in [2.05, 4.69) is 5.32 Å².